The Morgan fingerprint density at radius 1 is 1.19 bits per heavy atom. The number of nitrogens with one attached hydrogen (secondary N) is 1. The van der Waals surface area contributed by atoms with Gasteiger partial charge in [0, 0.05) is 34.2 Å². The van der Waals surface area contributed by atoms with Crippen LogP contribution in [0.2, 0.25) is 5.02 Å². The molecule has 5 rings (SSSR count). The first-order valence-corrected chi connectivity index (χ1v) is 13.2. The summed E-state index contributed by atoms with van der Waals surface area (Å²) in [5.41, 5.74) is 3.51. The number of rotatable bonds is 10. The van der Waals surface area contributed by atoms with Crippen LogP contribution in [-0.2, 0) is 16.0 Å². The lowest BCUT2D eigenvalue weighted by atomic mass is 9.93. The van der Waals surface area contributed by atoms with E-state index in [0.29, 0.717) is 11.6 Å². The van der Waals surface area contributed by atoms with Gasteiger partial charge in [0.15, 0.2) is 0 Å². The fourth-order valence-electron chi connectivity index (χ4n) is 5.61. The third kappa shape index (κ3) is 5.21. The molecule has 1 saturated carbocycles. The predicted molar refractivity (Wildman–Crippen MR) is 145 cm³/mol. The molecule has 0 bridgehead atoms. The van der Waals surface area contributed by atoms with Gasteiger partial charge in [-0.3, -0.25) is 4.79 Å². The van der Waals surface area contributed by atoms with Crippen molar-refractivity contribution in [3.05, 3.63) is 75.8 Å². The van der Waals surface area contributed by atoms with Crippen LogP contribution in [-0.4, -0.2) is 47.1 Å². The molecule has 3 N–H and O–H groups in total. The van der Waals surface area contributed by atoms with Crippen molar-refractivity contribution >= 4 is 28.3 Å². The van der Waals surface area contributed by atoms with Gasteiger partial charge in [-0.15, -0.1) is 0 Å². The van der Waals surface area contributed by atoms with Crippen molar-refractivity contribution < 1.29 is 24.5 Å². The van der Waals surface area contributed by atoms with Gasteiger partial charge in [0.2, 0.25) is 0 Å². The summed E-state index contributed by atoms with van der Waals surface area (Å²) in [5.74, 6) is -0.880. The molecular weight excluding hydrogens is 490 g/mol. The van der Waals surface area contributed by atoms with Crippen LogP contribution in [0, 0.1) is 12.8 Å². The predicted octanol–water partition coefficient (Wildman–Crippen LogP) is 5.41. The van der Waals surface area contributed by atoms with Crippen molar-refractivity contribution in [3.63, 3.8) is 0 Å². The Labute approximate surface area is 222 Å². The normalized spacial score (nSPS) is 21.7. The number of aliphatic hydroxyl groups excluding tert-OH is 1. The molecule has 1 unspecified atom stereocenters. The average Bonchev–Trinajstić information content (AvgIpc) is 3.44. The number of carbonyl (C=O) groups is 1. The second kappa shape index (κ2) is 9.91. The molecule has 37 heavy (non-hydrogen) atoms. The number of aliphatic hydroxyl groups is 1. The number of hydrogen-bond acceptors (Lipinski definition) is 5. The molecule has 3 aromatic rings. The van der Waals surface area contributed by atoms with Crippen LogP contribution >= 0.6 is 11.6 Å². The van der Waals surface area contributed by atoms with Gasteiger partial charge in [0.1, 0.15) is 17.8 Å². The largest absolute Gasteiger partial charge is 0.488 e. The molecule has 0 saturated heterocycles. The van der Waals surface area contributed by atoms with E-state index < -0.39 is 24.1 Å². The third-order valence-corrected chi connectivity index (χ3v) is 7.85. The Balaban J connectivity index is 1.18. The molecule has 196 valence electrons. The van der Waals surface area contributed by atoms with Crippen LogP contribution in [0.25, 0.3) is 10.8 Å². The molecule has 0 spiro atoms. The Morgan fingerprint density at radius 3 is 2.65 bits per heavy atom. The number of benzene rings is 3. The van der Waals surface area contributed by atoms with Crippen LogP contribution in [0.4, 0.5) is 0 Å². The van der Waals surface area contributed by atoms with Crippen LogP contribution in [0.1, 0.15) is 55.0 Å². The van der Waals surface area contributed by atoms with Gasteiger partial charge in [-0.05, 0) is 62.1 Å². The van der Waals surface area contributed by atoms with E-state index in [1.165, 1.54) is 16.3 Å². The minimum absolute atomic E-state index is 0.122. The highest BCUT2D eigenvalue weighted by Gasteiger charge is 2.64. The van der Waals surface area contributed by atoms with Gasteiger partial charge in [0.05, 0.1) is 18.8 Å². The molecule has 1 aliphatic carbocycles. The lowest BCUT2D eigenvalue weighted by Gasteiger charge is -2.29. The van der Waals surface area contributed by atoms with E-state index in [-0.39, 0.29) is 24.2 Å². The van der Waals surface area contributed by atoms with Crippen LogP contribution < -0.4 is 10.1 Å². The van der Waals surface area contributed by atoms with Crippen molar-refractivity contribution in [1.82, 2.24) is 5.32 Å². The van der Waals surface area contributed by atoms with E-state index in [4.69, 9.17) is 21.1 Å². The summed E-state index contributed by atoms with van der Waals surface area (Å²) in [6.45, 7) is 8.54. The summed E-state index contributed by atoms with van der Waals surface area (Å²) in [6, 6.07) is 16.7. The molecule has 0 amide bonds. The summed E-state index contributed by atoms with van der Waals surface area (Å²) in [6.07, 6.45) is -0.651. The summed E-state index contributed by atoms with van der Waals surface area (Å²) >= 11 is 6.61. The van der Waals surface area contributed by atoms with E-state index in [0.717, 1.165) is 28.9 Å². The molecule has 7 heteroatoms. The summed E-state index contributed by atoms with van der Waals surface area (Å²) in [4.78, 5) is 11.6. The third-order valence-electron chi connectivity index (χ3n) is 7.54. The number of halogens is 1. The Hall–Kier alpha value is -2.64. The highest BCUT2D eigenvalue weighted by molar-refractivity contribution is 6.31. The van der Waals surface area contributed by atoms with E-state index in [2.05, 4.69) is 49.5 Å². The Bertz CT molecular complexity index is 1340. The maximum Gasteiger partial charge on any atom is 0.311 e. The van der Waals surface area contributed by atoms with E-state index in [1.807, 2.05) is 32.0 Å². The lowest BCUT2D eigenvalue weighted by Crippen LogP contribution is -2.46. The first-order valence-electron chi connectivity index (χ1n) is 12.8. The van der Waals surface area contributed by atoms with Crippen LogP contribution in [0.15, 0.2) is 48.5 Å². The average molecular weight is 524 g/mol. The number of carboxylic acid groups (broad SMARTS) is 1. The minimum Gasteiger partial charge on any atom is -0.488 e. The lowest BCUT2D eigenvalue weighted by molar-refractivity contribution is -0.139. The second-order valence-corrected chi connectivity index (χ2v) is 11.5. The number of aliphatic carboxylic acids is 1. The number of ether oxygens (including phenoxy) is 2. The second-order valence-electron chi connectivity index (χ2n) is 11.1. The summed E-state index contributed by atoms with van der Waals surface area (Å²) < 4.78 is 12.0. The van der Waals surface area contributed by atoms with E-state index in [1.54, 1.807) is 0 Å². The fraction of sp³-hybridized carbons (Fsp3) is 0.433. The first-order chi connectivity index (χ1) is 17.6. The zero-order valence-electron chi connectivity index (χ0n) is 21.6. The number of fused-ring (bicyclic) bond motifs is 4. The topological polar surface area (TPSA) is 88.0 Å². The maximum atomic E-state index is 11.6. The van der Waals surface area contributed by atoms with Crippen molar-refractivity contribution in [1.29, 1.82) is 0 Å². The molecule has 0 radical (unpaired) electrons. The van der Waals surface area contributed by atoms with Gasteiger partial charge in [0.25, 0.3) is 0 Å². The Kier molecular flexibility index (Phi) is 6.96. The smallest absolute Gasteiger partial charge is 0.311 e. The summed E-state index contributed by atoms with van der Waals surface area (Å²) in [5, 5.41) is 26.6. The van der Waals surface area contributed by atoms with E-state index in [9.17, 15) is 15.0 Å². The van der Waals surface area contributed by atoms with Crippen molar-refractivity contribution in [2.75, 3.05) is 13.2 Å². The quantitative estimate of drug-likeness (QED) is 0.329. The fourth-order valence-corrected chi connectivity index (χ4v) is 6.03. The van der Waals surface area contributed by atoms with Gasteiger partial charge >= 0.3 is 5.97 Å². The zero-order chi connectivity index (χ0) is 26.5. The molecule has 2 aliphatic rings. The molecule has 0 aromatic heterocycles. The van der Waals surface area contributed by atoms with Crippen molar-refractivity contribution in [3.8, 4) is 5.75 Å². The number of β-amino-alcohol motifs (C(OH)–C–C–N with tert-alkyl or cyclic N) is 1. The molecule has 3 aromatic carbocycles. The minimum atomic E-state index is -0.856. The Morgan fingerprint density at radius 2 is 1.92 bits per heavy atom. The number of hydrogen-bond donors (Lipinski definition) is 3. The van der Waals surface area contributed by atoms with Gasteiger partial charge in [-0.2, -0.15) is 0 Å². The maximum absolute atomic E-state index is 11.6. The number of aryl methyl sites for hydroxylation is 1. The molecule has 1 fully saturated rings. The monoisotopic (exact) mass is 523 g/mol. The highest BCUT2D eigenvalue weighted by atomic mass is 35.5. The molecular formula is C30H34ClNO5. The SMILES string of the molecule is Cc1cc(Cl)c([C@@H](C)OCC(O)CNC(C)(C)Cc2ccc3ccccc3c2)c2c1O[C@@H]1[C@@H](C(=O)O)[C@H]21. The van der Waals surface area contributed by atoms with Crippen LogP contribution in [0.5, 0.6) is 5.75 Å². The van der Waals surface area contributed by atoms with Gasteiger partial charge < -0.3 is 25.0 Å². The first kappa shape index (κ1) is 26.0. The van der Waals surface area contributed by atoms with Crippen molar-refractivity contribution in [2.24, 2.45) is 5.92 Å². The zero-order valence-corrected chi connectivity index (χ0v) is 22.4. The van der Waals surface area contributed by atoms with Crippen molar-refractivity contribution in [2.45, 2.75) is 63.9 Å². The molecule has 5 atom stereocenters. The van der Waals surface area contributed by atoms with Gasteiger partial charge in [-0.1, -0.05) is 54.1 Å². The number of carboxylic acids is 1. The van der Waals surface area contributed by atoms with E-state index >= 15 is 0 Å². The highest BCUT2D eigenvalue weighted by Crippen LogP contribution is 2.62. The molecule has 1 aliphatic heterocycles. The molecule has 1 heterocycles. The molecule has 6 nitrogen and oxygen atoms in total. The van der Waals surface area contributed by atoms with Gasteiger partial charge in [-0.25, -0.2) is 0 Å². The standard InChI is InChI=1S/C30H34ClNO5/c1-16-11-22(31)23(24-25-26(29(34)35)28(25)37-27(16)24)17(2)36-15-21(33)14-32-30(3,4)13-18-9-10-19-7-5-6-8-20(19)12-18/h5-12,17,21,25-26,28,32-33H,13-15H2,1-4H3,(H,34,35)/t17-,21?,25+,26+,28+/m1/s1. The summed E-state index contributed by atoms with van der Waals surface area (Å²) in [7, 11) is 0. The van der Waals surface area contributed by atoms with Crippen LogP contribution in [0.3, 0.4) is 0 Å².